The SMILES string of the molecule is CCOC(=O)C1=C(C(F)(F)F)N=c2s/c(=C\c3cc(I)c(OCc4ccccc4Cl)c(OCC)c3)c(=O)n2[C@@H]1c1ccc(Cl)cc1. The topological polar surface area (TPSA) is 79.1 Å². The van der Waals surface area contributed by atoms with Crippen molar-refractivity contribution < 1.29 is 32.2 Å². The number of nitrogens with zero attached hydrogens (tertiary/aromatic N) is 2. The Morgan fingerprint density at radius 1 is 1.07 bits per heavy atom. The van der Waals surface area contributed by atoms with E-state index in [4.69, 9.17) is 37.4 Å². The van der Waals surface area contributed by atoms with Crippen LogP contribution in [0.25, 0.3) is 6.08 Å². The van der Waals surface area contributed by atoms with Gasteiger partial charge in [-0.3, -0.25) is 9.36 Å². The normalized spacial score (nSPS) is 15.0. The summed E-state index contributed by atoms with van der Waals surface area (Å²) >= 11 is 15.2. The van der Waals surface area contributed by atoms with Crippen molar-refractivity contribution in [1.29, 1.82) is 0 Å². The minimum absolute atomic E-state index is 0.0901. The quantitative estimate of drug-likeness (QED) is 0.132. The summed E-state index contributed by atoms with van der Waals surface area (Å²) in [5.74, 6) is -0.350. The van der Waals surface area contributed by atoms with Crippen LogP contribution in [-0.4, -0.2) is 29.9 Å². The number of ether oxygens (including phenoxy) is 3. The van der Waals surface area contributed by atoms with Crippen molar-refractivity contribution in [1.82, 2.24) is 4.57 Å². The molecule has 0 saturated carbocycles. The maximum Gasteiger partial charge on any atom is 0.434 e. The molecule has 7 nitrogen and oxygen atoms in total. The highest BCUT2D eigenvalue weighted by molar-refractivity contribution is 14.1. The van der Waals surface area contributed by atoms with E-state index < -0.39 is 35.0 Å². The molecule has 0 saturated heterocycles. The number of halogens is 6. The van der Waals surface area contributed by atoms with Crippen LogP contribution in [0.3, 0.4) is 0 Å². The summed E-state index contributed by atoms with van der Waals surface area (Å²) in [5.41, 5.74) is -1.31. The van der Waals surface area contributed by atoms with Crippen molar-refractivity contribution in [2.75, 3.05) is 13.2 Å². The van der Waals surface area contributed by atoms with E-state index in [9.17, 15) is 22.8 Å². The van der Waals surface area contributed by atoms with Crippen molar-refractivity contribution in [2.45, 2.75) is 32.7 Å². The van der Waals surface area contributed by atoms with Crippen LogP contribution < -0.4 is 24.4 Å². The van der Waals surface area contributed by atoms with Crippen LogP contribution in [-0.2, 0) is 16.1 Å². The molecule has 1 aliphatic heterocycles. The molecule has 1 atom stereocenters. The number of esters is 1. The van der Waals surface area contributed by atoms with Crippen LogP contribution in [0.1, 0.15) is 36.6 Å². The van der Waals surface area contributed by atoms with Gasteiger partial charge in [-0.05, 0) is 84.0 Å². The molecule has 14 heteroatoms. The number of hydrogen-bond donors (Lipinski definition) is 0. The number of allylic oxidation sites excluding steroid dienone is 1. The third kappa shape index (κ3) is 7.14. The van der Waals surface area contributed by atoms with E-state index in [2.05, 4.69) is 27.6 Å². The number of thiazole rings is 1. The molecule has 0 amide bonds. The predicted octanol–water partition coefficient (Wildman–Crippen LogP) is 7.23. The molecule has 4 aromatic rings. The first-order valence-electron chi connectivity index (χ1n) is 13.8. The number of fused-ring (bicyclic) bond motifs is 1. The highest BCUT2D eigenvalue weighted by atomic mass is 127. The third-order valence-corrected chi connectivity index (χ3v) is 9.14. The van der Waals surface area contributed by atoms with Crippen molar-refractivity contribution >= 4 is 69.2 Å². The number of carbonyl (C=O) groups excluding carboxylic acids is 1. The summed E-state index contributed by atoms with van der Waals surface area (Å²) in [5, 5.41) is 0.882. The average Bonchev–Trinajstić information content (AvgIpc) is 3.31. The zero-order valence-electron chi connectivity index (χ0n) is 24.2. The molecule has 1 aliphatic rings. The molecule has 240 valence electrons. The molecule has 0 N–H and O–H groups in total. The van der Waals surface area contributed by atoms with Crippen LogP contribution in [0.5, 0.6) is 11.5 Å². The van der Waals surface area contributed by atoms with E-state index in [1.54, 1.807) is 18.2 Å². The number of carbonyl (C=O) groups is 1. The second-order valence-electron chi connectivity index (χ2n) is 9.76. The van der Waals surface area contributed by atoms with E-state index in [1.807, 2.05) is 25.1 Å². The van der Waals surface area contributed by atoms with E-state index in [-0.39, 0.29) is 28.1 Å². The molecule has 0 aliphatic carbocycles. The highest BCUT2D eigenvalue weighted by Gasteiger charge is 2.45. The summed E-state index contributed by atoms with van der Waals surface area (Å²) < 4.78 is 61.9. The summed E-state index contributed by atoms with van der Waals surface area (Å²) in [6, 6.07) is 15.1. The Kier molecular flexibility index (Phi) is 10.5. The second-order valence-corrected chi connectivity index (χ2v) is 12.8. The molecule has 0 bridgehead atoms. The van der Waals surface area contributed by atoms with Crippen molar-refractivity contribution in [2.24, 2.45) is 4.99 Å². The third-order valence-electron chi connectivity index (χ3n) is 6.74. The molecule has 3 aromatic carbocycles. The molecule has 5 rings (SSSR count). The minimum Gasteiger partial charge on any atom is -0.490 e. The lowest BCUT2D eigenvalue weighted by Gasteiger charge is -2.26. The van der Waals surface area contributed by atoms with Gasteiger partial charge in [0.05, 0.1) is 32.9 Å². The first-order chi connectivity index (χ1) is 21.9. The zero-order chi connectivity index (χ0) is 33.2. The summed E-state index contributed by atoms with van der Waals surface area (Å²) in [4.78, 5) is 30.5. The number of alkyl halides is 3. The fraction of sp³-hybridized carbons (Fsp3) is 0.219. The largest absolute Gasteiger partial charge is 0.490 e. The number of rotatable bonds is 9. The Hall–Kier alpha value is -3.33. The van der Waals surface area contributed by atoms with Gasteiger partial charge in [0.2, 0.25) is 0 Å². The molecule has 0 fully saturated rings. The van der Waals surface area contributed by atoms with Crippen LogP contribution in [0.15, 0.2) is 81.7 Å². The van der Waals surface area contributed by atoms with E-state index in [1.165, 1.54) is 37.3 Å². The van der Waals surface area contributed by atoms with Gasteiger partial charge in [-0.1, -0.05) is 64.9 Å². The van der Waals surface area contributed by atoms with Crippen molar-refractivity contribution in [3.05, 3.63) is 122 Å². The maximum atomic E-state index is 14.4. The van der Waals surface area contributed by atoms with Crippen LogP contribution in [0, 0.1) is 3.57 Å². The molecule has 0 unspecified atom stereocenters. The summed E-state index contributed by atoms with van der Waals surface area (Å²) in [7, 11) is 0. The fourth-order valence-corrected chi connectivity index (χ4v) is 6.89. The maximum absolute atomic E-state index is 14.4. The van der Waals surface area contributed by atoms with Gasteiger partial charge >= 0.3 is 12.1 Å². The molecule has 1 aromatic heterocycles. The number of benzene rings is 3. The van der Waals surface area contributed by atoms with Crippen LogP contribution >= 0.6 is 57.1 Å². The van der Waals surface area contributed by atoms with Gasteiger partial charge < -0.3 is 14.2 Å². The number of hydrogen-bond acceptors (Lipinski definition) is 7. The Bertz CT molecular complexity index is 2010. The summed E-state index contributed by atoms with van der Waals surface area (Å²) in [6.07, 6.45) is -3.48. The molecular formula is C32H24Cl2F3IN2O5S. The monoisotopic (exact) mass is 802 g/mol. The lowest BCUT2D eigenvalue weighted by Crippen LogP contribution is -2.41. The molecular weight excluding hydrogens is 779 g/mol. The molecule has 0 spiro atoms. The first kappa shape index (κ1) is 34.0. The molecule has 2 heterocycles. The smallest absolute Gasteiger partial charge is 0.434 e. The predicted molar refractivity (Wildman–Crippen MR) is 178 cm³/mol. The molecule has 0 radical (unpaired) electrons. The Morgan fingerprint density at radius 2 is 1.78 bits per heavy atom. The fourth-order valence-electron chi connectivity index (χ4n) is 4.79. The van der Waals surface area contributed by atoms with Gasteiger partial charge in [0, 0.05) is 15.6 Å². The lowest BCUT2D eigenvalue weighted by atomic mass is 9.95. The second kappa shape index (κ2) is 14.2. The van der Waals surface area contributed by atoms with Crippen molar-refractivity contribution in [3.63, 3.8) is 0 Å². The lowest BCUT2D eigenvalue weighted by molar-refractivity contribution is -0.140. The highest BCUT2D eigenvalue weighted by Crippen LogP contribution is 2.39. The standard InChI is InChI=1S/C32H24Cl2F3IN2O5S/c1-3-43-23-14-17(13-22(38)27(23)45-16-19-7-5-6-8-21(19)34)15-24-29(41)40-26(18-9-11-20(33)12-10-18)25(30(42)44-4-2)28(32(35,36)37)39-31(40)46-24/h5-15,26H,3-4,16H2,1-2H3/b24-15-/t26-/m1/s1. The van der Waals surface area contributed by atoms with E-state index >= 15 is 0 Å². The van der Waals surface area contributed by atoms with Gasteiger partial charge in [-0.15, -0.1) is 0 Å². The van der Waals surface area contributed by atoms with Crippen LogP contribution in [0.4, 0.5) is 13.2 Å². The zero-order valence-corrected chi connectivity index (χ0v) is 28.6. The van der Waals surface area contributed by atoms with Gasteiger partial charge in [0.1, 0.15) is 6.61 Å². The van der Waals surface area contributed by atoms with Crippen LogP contribution in [0.2, 0.25) is 10.0 Å². The molecule has 46 heavy (non-hydrogen) atoms. The first-order valence-corrected chi connectivity index (χ1v) is 16.5. The van der Waals surface area contributed by atoms with Gasteiger partial charge in [-0.25, -0.2) is 9.79 Å². The van der Waals surface area contributed by atoms with Gasteiger partial charge in [0.25, 0.3) is 5.56 Å². The Labute approximate surface area is 288 Å². The minimum atomic E-state index is -5.01. The Morgan fingerprint density at radius 3 is 2.43 bits per heavy atom. The summed E-state index contributed by atoms with van der Waals surface area (Å²) in [6.45, 7) is 3.61. The van der Waals surface area contributed by atoms with E-state index in [0.29, 0.717) is 37.3 Å². The van der Waals surface area contributed by atoms with Gasteiger partial charge in [0.15, 0.2) is 22.0 Å². The Balaban J connectivity index is 1.65. The number of aromatic nitrogens is 1. The van der Waals surface area contributed by atoms with E-state index in [0.717, 1.165) is 21.5 Å². The van der Waals surface area contributed by atoms with Crippen molar-refractivity contribution in [3.8, 4) is 11.5 Å². The average molecular weight is 803 g/mol. The van der Waals surface area contributed by atoms with Gasteiger partial charge in [-0.2, -0.15) is 13.2 Å².